The van der Waals surface area contributed by atoms with Gasteiger partial charge in [-0.2, -0.15) is 0 Å². The summed E-state index contributed by atoms with van der Waals surface area (Å²) in [5, 5.41) is 0.391. The van der Waals surface area contributed by atoms with Crippen molar-refractivity contribution in [3.05, 3.63) is 23.3 Å². The first-order chi connectivity index (χ1) is 5.81. The Labute approximate surface area is 74.4 Å². The summed E-state index contributed by atoms with van der Waals surface area (Å²) in [6.45, 7) is 1.98. The maximum absolute atomic E-state index is 5.84. The molecule has 0 atom stereocenters. The highest BCUT2D eigenvalue weighted by molar-refractivity contribution is 6.33. The van der Waals surface area contributed by atoms with Gasteiger partial charge < -0.3 is 4.42 Å². The Hall–Kier alpha value is -1.09. The molecule has 2 heterocycles. The number of aryl methyl sites for hydroxylation is 1. The van der Waals surface area contributed by atoms with E-state index in [1.165, 1.54) is 0 Å². The van der Waals surface area contributed by atoms with E-state index < -0.39 is 0 Å². The number of hydrogen-bond donors (Lipinski definition) is 0. The Balaban J connectivity index is 2.75. The minimum atomic E-state index is 0.391. The molecular weight excluding hydrogens is 176 g/mol. The predicted octanol–water partition coefficient (Wildman–Crippen LogP) is 2.44. The standard InChI is InChI=1S/C8H7ClN2O/c1-2-6-10-5-3-4-12-7(5)8(9)11-6/h3-4H,2H2,1H3. The molecule has 0 bridgehead atoms. The summed E-state index contributed by atoms with van der Waals surface area (Å²) in [4.78, 5) is 8.28. The molecule has 0 saturated carbocycles. The number of aromatic nitrogens is 2. The monoisotopic (exact) mass is 182 g/mol. The first-order valence-corrected chi connectivity index (χ1v) is 4.08. The fourth-order valence-corrected chi connectivity index (χ4v) is 1.27. The molecule has 2 rings (SSSR count). The van der Waals surface area contributed by atoms with Crippen molar-refractivity contribution < 1.29 is 4.42 Å². The van der Waals surface area contributed by atoms with E-state index in [1.54, 1.807) is 12.3 Å². The molecule has 0 radical (unpaired) electrons. The smallest absolute Gasteiger partial charge is 0.189 e. The van der Waals surface area contributed by atoms with Crippen molar-refractivity contribution in [3.8, 4) is 0 Å². The van der Waals surface area contributed by atoms with Gasteiger partial charge in [0.1, 0.15) is 11.3 Å². The van der Waals surface area contributed by atoms with Crippen molar-refractivity contribution in [1.29, 1.82) is 0 Å². The lowest BCUT2D eigenvalue weighted by Gasteiger charge is -1.95. The second-order valence-corrected chi connectivity index (χ2v) is 2.78. The third-order valence-electron chi connectivity index (χ3n) is 1.62. The highest BCUT2D eigenvalue weighted by atomic mass is 35.5. The van der Waals surface area contributed by atoms with Gasteiger partial charge in [0.15, 0.2) is 10.7 Å². The van der Waals surface area contributed by atoms with Gasteiger partial charge in [-0.05, 0) is 0 Å². The molecule has 62 valence electrons. The van der Waals surface area contributed by atoms with Gasteiger partial charge in [-0.1, -0.05) is 18.5 Å². The molecule has 0 unspecified atom stereocenters. The van der Waals surface area contributed by atoms with Crippen LogP contribution in [0.1, 0.15) is 12.7 Å². The van der Waals surface area contributed by atoms with Crippen LogP contribution in [0, 0.1) is 0 Å². The minimum Gasteiger partial charge on any atom is -0.459 e. The normalized spacial score (nSPS) is 10.8. The van der Waals surface area contributed by atoms with Gasteiger partial charge in [-0.25, -0.2) is 9.97 Å². The molecule has 3 nitrogen and oxygen atoms in total. The van der Waals surface area contributed by atoms with Crippen LogP contribution in [0.3, 0.4) is 0 Å². The molecule has 0 aliphatic heterocycles. The zero-order valence-electron chi connectivity index (χ0n) is 6.54. The number of furan rings is 1. The second-order valence-electron chi connectivity index (χ2n) is 2.42. The Bertz CT molecular complexity index is 410. The fraction of sp³-hybridized carbons (Fsp3) is 0.250. The van der Waals surface area contributed by atoms with E-state index in [0.717, 1.165) is 17.8 Å². The fourth-order valence-electron chi connectivity index (χ4n) is 1.03. The second kappa shape index (κ2) is 2.75. The van der Waals surface area contributed by atoms with E-state index in [0.29, 0.717) is 10.7 Å². The molecule has 2 aromatic heterocycles. The van der Waals surface area contributed by atoms with Crippen molar-refractivity contribution in [2.45, 2.75) is 13.3 Å². The lowest BCUT2D eigenvalue weighted by Crippen LogP contribution is -1.92. The van der Waals surface area contributed by atoms with E-state index >= 15 is 0 Å². The van der Waals surface area contributed by atoms with E-state index in [9.17, 15) is 0 Å². The number of fused-ring (bicyclic) bond motifs is 1. The van der Waals surface area contributed by atoms with Crippen molar-refractivity contribution in [2.75, 3.05) is 0 Å². The zero-order valence-corrected chi connectivity index (χ0v) is 7.30. The Morgan fingerprint density at radius 1 is 1.50 bits per heavy atom. The first-order valence-electron chi connectivity index (χ1n) is 3.71. The average molecular weight is 183 g/mol. The Kier molecular flexibility index (Phi) is 1.73. The average Bonchev–Trinajstić information content (AvgIpc) is 2.52. The number of halogens is 1. The molecule has 2 aromatic rings. The van der Waals surface area contributed by atoms with Crippen molar-refractivity contribution in [3.63, 3.8) is 0 Å². The molecule has 12 heavy (non-hydrogen) atoms. The molecule has 0 aliphatic carbocycles. The van der Waals surface area contributed by atoms with Gasteiger partial charge in [0.25, 0.3) is 0 Å². The minimum absolute atomic E-state index is 0.391. The third-order valence-corrected chi connectivity index (χ3v) is 1.88. The third kappa shape index (κ3) is 1.06. The zero-order chi connectivity index (χ0) is 8.55. The first kappa shape index (κ1) is 7.55. The SMILES string of the molecule is CCc1nc(Cl)c2occc2n1. The van der Waals surface area contributed by atoms with Crippen LogP contribution in [0.25, 0.3) is 11.1 Å². The van der Waals surface area contributed by atoms with Crippen LogP contribution >= 0.6 is 11.6 Å². The van der Waals surface area contributed by atoms with E-state index in [4.69, 9.17) is 16.0 Å². The molecule has 0 fully saturated rings. The van der Waals surface area contributed by atoms with Gasteiger partial charge in [0, 0.05) is 12.5 Å². The van der Waals surface area contributed by atoms with Crippen LogP contribution in [0.15, 0.2) is 16.7 Å². The highest BCUT2D eigenvalue weighted by Crippen LogP contribution is 2.20. The summed E-state index contributed by atoms with van der Waals surface area (Å²) in [7, 11) is 0. The Morgan fingerprint density at radius 2 is 2.33 bits per heavy atom. The van der Waals surface area contributed by atoms with Gasteiger partial charge in [0.2, 0.25) is 0 Å². The van der Waals surface area contributed by atoms with E-state index in [1.807, 2.05) is 6.92 Å². The molecule has 0 aromatic carbocycles. The van der Waals surface area contributed by atoms with Crippen molar-refractivity contribution in [2.24, 2.45) is 0 Å². The number of nitrogens with zero attached hydrogens (tertiary/aromatic N) is 2. The molecular formula is C8H7ClN2O. The van der Waals surface area contributed by atoms with Crippen molar-refractivity contribution >= 4 is 22.7 Å². The van der Waals surface area contributed by atoms with Crippen LogP contribution < -0.4 is 0 Å². The van der Waals surface area contributed by atoms with Crippen LogP contribution in [0.4, 0.5) is 0 Å². The summed E-state index contributed by atoms with van der Waals surface area (Å²) in [5.74, 6) is 0.744. The van der Waals surface area contributed by atoms with E-state index in [-0.39, 0.29) is 0 Å². The largest absolute Gasteiger partial charge is 0.459 e. The summed E-state index contributed by atoms with van der Waals surface area (Å²) < 4.78 is 5.09. The molecule has 0 amide bonds. The van der Waals surface area contributed by atoms with Crippen LogP contribution in [0.5, 0.6) is 0 Å². The molecule has 0 aliphatic rings. The lowest BCUT2D eigenvalue weighted by molar-refractivity contribution is 0.613. The van der Waals surface area contributed by atoms with Crippen LogP contribution in [-0.4, -0.2) is 9.97 Å². The van der Waals surface area contributed by atoms with Gasteiger partial charge in [-0.15, -0.1) is 0 Å². The van der Waals surface area contributed by atoms with Gasteiger partial charge >= 0.3 is 0 Å². The summed E-state index contributed by atoms with van der Waals surface area (Å²) >= 11 is 5.84. The quantitative estimate of drug-likeness (QED) is 0.636. The molecule has 0 saturated heterocycles. The molecule has 4 heteroatoms. The maximum atomic E-state index is 5.84. The van der Waals surface area contributed by atoms with Crippen molar-refractivity contribution in [1.82, 2.24) is 9.97 Å². The topological polar surface area (TPSA) is 38.9 Å². The summed E-state index contributed by atoms with van der Waals surface area (Å²) in [6.07, 6.45) is 2.34. The Morgan fingerprint density at radius 3 is 3.08 bits per heavy atom. The summed E-state index contributed by atoms with van der Waals surface area (Å²) in [6, 6.07) is 1.78. The number of hydrogen-bond acceptors (Lipinski definition) is 3. The lowest BCUT2D eigenvalue weighted by atomic mass is 10.4. The van der Waals surface area contributed by atoms with E-state index in [2.05, 4.69) is 9.97 Å². The maximum Gasteiger partial charge on any atom is 0.189 e. The van der Waals surface area contributed by atoms with Crippen LogP contribution in [-0.2, 0) is 6.42 Å². The molecule has 0 N–H and O–H groups in total. The molecule has 0 spiro atoms. The van der Waals surface area contributed by atoms with Gasteiger partial charge in [-0.3, -0.25) is 0 Å². The van der Waals surface area contributed by atoms with Crippen LogP contribution in [0.2, 0.25) is 5.15 Å². The number of rotatable bonds is 1. The van der Waals surface area contributed by atoms with Gasteiger partial charge in [0.05, 0.1) is 6.26 Å². The predicted molar refractivity (Wildman–Crippen MR) is 46.2 cm³/mol. The highest BCUT2D eigenvalue weighted by Gasteiger charge is 2.06. The summed E-state index contributed by atoms with van der Waals surface area (Å²) in [5.41, 5.74) is 1.33.